The molecule has 0 unspecified atom stereocenters. The van der Waals surface area contributed by atoms with Crippen molar-refractivity contribution in [2.45, 2.75) is 51.5 Å². The highest BCUT2D eigenvalue weighted by atomic mass is 32.2. The molecule has 2 atom stereocenters. The first kappa shape index (κ1) is 25.1. The number of ether oxygens (including phenoxy) is 2. The maximum absolute atomic E-state index is 13.4. The first-order chi connectivity index (χ1) is 15.6. The van der Waals surface area contributed by atoms with Crippen molar-refractivity contribution in [2.75, 3.05) is 27.3 Å². The van der Waals surface area contributed by atoms with Crippen LogP contribution < -0.4 is 14.8 Å². The van der Waals surface area contributed by atoms with Gasteiger partial charge in [-0.1, -0.05) is 12.1 Å². The number of rotatable bonds is 7. The van der Waals surface area contributed by atoms with Crippen LogP contribution in [0.5, 0.6) is 11.5 Å². The van der Waals surface area contributed by atoms with Crippen molar-refractivity contribution in [1.82, 2.24) is 9.62 Å². The summed E-state index contributed by atoms with van der Waals surface area (Å²) in [5, 5.41) is 3.10. The van der Waals surface area contributed by atoms with E-state index in [1.807, 2.05) is 13.8 Å². The smallest absolute Gasteiger partial charge is 0.246 e. The minimum atomic E-state index is -3.85. The number of nitrogens with one attached hydrogen (secondary N) is 1. The molecule has 0 spiro atoms. The van der Waals surface area contributed by atoms with Crippen molar-refractivity contribution < 1.29 is 22.7 Å². The fraction of sp³-hybridized carbons (Fsp3) is 0.480. The molecule has 0 aromatic heterocycles. The van der Waals surface area contributed by atoms with Crippen molar-refractivity contribution in [1.29, 1.82) is 0 Å². The van der Waals surface area contributed by atoms with Gasteiger partial charge in [0.2, 0.25) is 15.9 Å². The summed E-state index contributed by atoms with van der Waals surface area (Å²) < 4.78 is 38.7. The molecule has 1 aliphatic rings. The molecule has 180 valence electrons. The van der Waals surface area contributed by atoms with Crippen LogP contribution in [0, 0.1) is 26.7 Å². The molecule has 0 radical (unpaired) electrons. The van der Waals surface area contributed by atoms with Crippen molar-refractivity contribution >= 4 is 15.9 Å². The van der Waals surface area contributed by atoms with Gasteiger partial charge in [0.1, 0.15) is 16.4 Å². The van der Waals surface area contributed by atoms with E-state index in [9.17, 15) is 13.2 Å². The number of nitrogens with zero attached hydrogens (tertiary/aromatic N) is 1. The van der Waals surface area contributed by atoms with Gasteiger partial charge in [0.05, 0.1) is 26.2 Å². The van der Waals surface area contributed by atoms with Gasteiger partial charge in [-0.05, 0) is 74.9 Å². The molecule has 8 heteroatoms. The fourth-order valence-corrected chi connectivity index (χ4v) is 6.05. The number of hydrogen-bond acceptors (Lipinski definition) is 5. The number of sulfonamides is 1. The Morgan fingerprint density at radius 3 is 2.42 bits per heavy atom. The number of hydrogen-bond donors (Lipinski definition) is 1. The normalized spacial score (nSPS) is 17.9. The summed E-state index contributed by atoms with van der Waals surface area (Å²) in [7, 11) is -0.935. The summed E-state index contributed by atoms with van der Waals surface area (Å²) in [5.74, 6) is 0.136. The van der Waals surface area contributed by atoms with Crippen LogP contribution in [0.25, 0.3) is 0 Å². The molecule has 33 heavy (non-hydrogen) atoms. The fourth-order valence-electron chi connectivity index (χ4n) is 4.36. The maximum atomic E-state index is 13.4. The third-order valence-electron chi connectivity index (χ3n) is 6.45. The predicted molar refractivity (Wildman–Crippen MR) is 128 cm³/mol. The molecular weight excluding hydrogens is 440 g/mol. The quantitative estimate of drug-likeness (QED) is 0.658. The lowest BCUT2D eigenvalue weighted by molar-refractivity contribution is -0.126. The standard InChI is InChI=1S/C25H34N2O5S/c1-16-12-18(3)22(13-17(16)2)19(4)26-25(28)20-8-7-11-27(15-20)33(29,30)24-14-21(31-5)9-10-23(24)32-6/h9-10,12-14,19-20H,7-8,11,15H2,1-6H3,(H,26,28)/t19-,20-/m1/s1. The average Bonchev–Trinajstić information content (AvgIpc) is 2.80. The molecule has 0 saturated carbocycles. The van der Waals surface area contributed by atoms with Crippen LogP contribution in [0.2, 0.25) is 0 Å². The van der Waals surface area contributed by atoms with Gasteiger partial charge in [0, 0.05) is 19.2 Å². The molecule has 2 aromatic carbocycles. The lowest BCUT2D eigenvalue weighted by Crippen LogP contribution is -2.45. The Bertz CT molecular complexity index is 1130. The SMILES string of the molecule is COc1ccc(OC)c(S(=O)(=O)N2CCC[C@@H](C(=O)N[C@H](C)c3cc(C)c(C)cc3C)C2)c1. The van der Waals surface area contributed by atoms with Gasteiger partial charge in [0.25, 0.3) is 0 Å². The van der Waals surface area contributed by atoms with Crippen LogP contribution in [-0.4, -0.2) is 45.9 Å². The molecule has 1 heterocycles. The van der Waals surface area contributed by atoms with Crippen LogP contribution in [0.3, 0.4) is 0 Å². The van der Waals surface area contributed by atoms with E-state index in [1.165, 1.54) is 35.7 Å². The summed E-state index contributed by atoms with van der Waals surface area (Å²) >= 11 is 0. The molecule has 1 fully saturated rings. The molecule has 1 saturated heterocycles. The highest BCUT2D eigenvalue weighted by Gasteiger charge is 2.35. The van der Waals surface area contributed by atoms with Crippen molar-refractivity contribution in [3.63, 3.8) is 0 Å². The van der Waals surface area contributed by atoms with E-state index in [-0.39, 0.29) is 29.1 Å². The van der Waals surface area contributed by atoms with Gasteiger partial charge in [-0.15, -0.1) is 0 Å². The van der Waals surface area contributed by atoms with E-state index in [1.54, 1.807) is 12.1 Å². The van der Waals surface area contributed by atoms with Gasteiger partial charge >= 0.3 is 0 Å². The Kier molecular flexibility index (Phi) is 7.69. The monoisotopic (exact) mass is 474 g/mol. The Balaban J connectivity index is 1.77. The second-order valence-electron chi connectivity index (χ2n) is 8.74. The third-order valence-corrected chi connectivity index (χ3v) is 8.34. The molecule has 0 aliphatic carbocycles. The van der Waals surface area contributed by atoms with Gasteiger partial charge in [-0.2, -0.15) is 4.31 Å². The zero-order chi connectivity index (χ0) is 24.3. The van der Waals surface area contributed by atoms with Crippen molar-refractivity contribution in [3.8, 4) is 11.5 Å². The Hall–Kier alpha value is -2.58. The zero-order valence-electron chi connectivity index (χ0n) is 20.3. The Morgan fingerprint density at radius 2 is 1.76 bits per heavy atom. The van der Waals surface area contributed by atoms with Gasteiger partial charge in [-0.25, -0.2) is 8.42 Å². The zero-order valence-corrected chi connectivity index (χ0v) is 21.1. The number of carbonyl (C=O) groups is 1. The molecule has 1 aliphatic heterocycles. The molecular formula is C25H34N2O5S. The number of piperidine rings is 1. The molecule has 0 bridgehead atoms. The van der Waals surface area contributed by atoms with E-state index in [4.69, 9.17) is 9.47 Å². The van der Waals surface area contributed by atoms with E-state index in [0.29, 0.717) is 25.1 Å². The van der Waals surface area contributed by atoms with Gasteiger partial charge < -0.3 is 14.8 Å². The number of aryl methyl sites for hydroxylation is 3. The molecule has 7 nitrogen and oxygen atoms in total. The predicted octanol–water partition coefficient (Wildman–Crippen LogP) is 3.91. The Labute approximate surface area is 197 Å². The van der Waals surface area contributed by atoms with E-state index >= 15 is 0 Å². The minimum Gasteiger partial charge on any atom is -0.497 e. The summed E-state index contributed by atoms with van der Waals surface area (Å²) in [5.41, 5.74) is 4.60. The molecule has 1 amide bonds. The van der Waals surface area contributed by atoms with E-state index < -0.39 is 15.9 Å². The number of amides is 1. The van der Waals surface area contributed by atoms with Gasteiger partial charge in [0.15, 0.2) is 0 Å². The summed E-state index contributed by atoms with van der Waals surface area (Å²) in [4.78, 5) is 13.1. The number of methoxy groups -OCH3 is 2. The minimum absolute atomic E-state index is 0.0459. The van der Waals surface area contributed by atoms with Crippen LogP contribution >= 0.6 is 0 Å². The molecule has 2 aromatic rings. The highest BCUT2D eigenvalue weighted by Crippen LogP contribution is 2.33. The first-order valence-corrected chi connectivity index (χ1v) is 12.6. The van der Waals surface area contributed by atoms with Crippen LogP contribution in [0.15, 0.2) is 35.2 Å². The molecule has 3 rings (SSSR count). The summed E-state index contributed by atoms with van der Waals surface area (Å²) in [6, 6.07) is 8.77. The van der Waals surface area contributed by atoms with Crippen molar-refractivity contribution in [3.05, 3.63) is 52.6 Å². The van der Waals surface area contributed by atoms with E-state index in [0.717, 1.165) is 11.1 Å². The number of benzene rings is 2. The number of carbonyl (C=O) groups excluding carboxylic acids is 1. The topological polar surface area (TPSA) is 84.9 Å². The van der Waals surface area contributed by atoms with Crippen LogP contribution in [0.1, 0.15) is 48.1 Å². The average molecular weight is 475 g/mol. The Morgan fingerprint density at radius 1 is 1.06 bits per heavy atom. The highest BCUT2D eigenvalue weighted by molar-refractivity contribution is 7.89. The maximum Gasteiger partial charge on any atom is 0.246 e. The van der Waals surface area contributed by atoms with Gasteiger partial charge in [-0.3, -0.25) is 4.79 Å². The summed E-state index contributed by atoms with van der Waals surface area (Å²) in [6.07, 6.45) is 1.26. The first-order valence-electron chi connectivity index (χ1n) is 11.2. The van der Waals surface area contributed by atoms with E-state index in [2.05, 4.69) is 31.3 Å². The largest absolute Gasteiger partial charge is 0.497 e. The second-order valence-corrected chi connectivity index (χ2v) is 10.6. The van der Waals surface area contributed by atoms with Crippen molar-refractivity contribution in [2.24, 2.45) is 5.92 Å². The third kappa shape index (κ3) is 5.33. The lowest BCUT2D eigenvalue weighted by atomic mass is 9.95. The second kappa shape index (κ2) is 10.1. The van der Waals surface area contributed by atoms with Crippen LogP contribution in [-0.2, 0) is 14.8 Å². The van der Waals surface area contributed by atoms with Crippen LogP contribution in [0.4, 0.5) is 0 Å². The molecule has 1 N–H and O–H groups in total. The lowest BCUT2D eigenvalue weighted by Gasteiger charge is -2.32. The summed E-state index contributed by atoms with van der Waals surface area (Å²) in [6.45, 7) is 8.63.